The van der Waals surface area contributed by atoms with Gasteiger partial charge in [-0.05, 0) is 51.0 Å². The van der Waals surface area contributed by atoms with Crippen molar-refractivity contribution in [2.45, 2.75) is 57.5 Å². The van der Waals surface area contributed by atoms with E-state index in [1.54, 1.807) is 11.3 Å². The molecule has 0 saturated heterocycles. The van der Waals surface area contributed by atoms with E-state index in [0.29, 0.717) is 12.3 Å². The predicted octanol–water partition coefficient (Wildman–Crippen LogP) is 4.39. The summed E-state index contributed by atoms with van der Waals surface area (Å²) in [5, 5.41) is 11.9. The van der Waals surface area contributed by atoms with E-state index >= 15 is 0 Å². The van der Waals surface area contributed by atoms with E-state index < -0.39 is 5.60 Å². The highest BCUT2D eigenvalue weighted by molar-refractivity contribution is 7.11. The zero-order chi connectivity index (χ0) is 14.9. The molecule has 3 rings (SSSR count). The third kappa shape index (κ3) is 3.35. The van der Waals surface area contributed by atoms with Crippen LogP contribution in [0.3, 0.4) is 0 Å². The highest BCUT2D eigenvalue weighted by atomic mass is 32.1. The Bertz CT molecular complexity index is 577. The Morgan fingerprint density at radius 2 is 1.86 bits per heavy atom. The van der Waals surface area contributed by atoms with Crippen molar-refractivity contribution in [1.82, 2.24) is 4.98 Å². The minimum absolute atomic E-state index is 0.554. The van der Waals surface area contributed by atoms with Gasteiger partial charge in [0.2, 0.25) is 0 Å². The van der Waals surface area contributed by atoms with Gasteiger partial charge in [-0.3, -0.25) is 0 Å². The van der Waals surface area contributed by atoms with E-state index in [0.717, 1.165) is 36.4 Å². The summed E-state index contributed by atoms with van der Waals surface area (Å²) in [7, 11) is 0. The molecule has 1 heterocycles. The van der Waals surface area contributed by atoms with Gasteiger partial charge in [0.15, 0.2) is 0 Å². The number of hydrogen-bond acceptors (Lipinski definition) is 3. The Labute approximate surface area is 130 Å². The summed E-state index contributed by atoms with van der Waals surface area (Å²) in [4.78, 5) is 5.86. The molecule has 0 unspecified atom stereocenters. The van der Waals surface area contributed by atoms with Crippen LogP contribution in [0.1, 0.15) is 52.7 Å². The topological polar surface area (TPSA) is 33.1 Å². The van der Waals surface area contributed by atoms with Crippen LogP contribution >= 0.6 is 11.3 Å². The molecule has 0 atom stereocenters. The van der Waals surface area contributed by atoms with Crippen LogP contribution in [0.5, 0.6) is 0 Å². The average Bonchev–Trinajstić information content (AvgIpc) is 2.78. The molecule has 1 aliphatic rings. The molecule has 2 aromatic rings. The van der Waals surface area contributed by atoms with Crippen LogP contribution in [0.2, 0.25) is 0 Å². The van der Waals surface area contributed by atoms with Gasteiger partial charge in [-0.25, -0.2) is 4.98 Å². The lowest BCUT2D eigenvalue weighted by Crippen LogP contribution is -2.35. The first-order valence-corrected chi connectivity index (χ1v) is 8.58. The van der Waals surface area contributed by atoms with E-state index in [1.807, 2.05) is 6.92 Å². The van der Waals surface area contributed by atoms with Crippen molar-refractivity contribution in [3.05, 3.63) is 51.5 Å². The number of aryl methyl sites for hydroxylation is 2. The zero-order valence-electron chi connectivity index (χ0n) is 12.8. The van der Waals surface area contributed by atoms with Crippen LogP contribution in [0.25, 0.3) is 0 Å². The molecule has 1 aliphatic carbocycles. The lowest BCUT2D eigenvalue weighted by Gasteiger charge is -2.35. The third-order valence-corrected chi connectivity index (χ3v) is 5.81. The number of rotatable bonds is 3. The molecule has 112 valence electrons. The SMILES string of the molecule is Cc1nc(CC2(O)CCC(c3ccccc3)CC2)sc1C. The summed E-state index contributed by atoms with van der Waals surface area (Å²) in [5.41, 5.74) is 1.97. The third-order valence-electron chi connectivity index (χ3n) is 4.74. The first-order chi connectivity index (χ1) is 10.1. The maximum Gasteiger partial charge on any atom is 0.0959 e. The van der Waals surface area contributed by atoms with E-state index in [1.165, 1.54) is 10.4 Å². The summed E-state index contributed by atoms with van der Waals surface area (Å²) in [6, 6.07) is 10.7. The van der Waals surface area contributed by atoms with Crippen molar-refractivity contribution in [3.63, 3.8) is 0 Å². The summed E-state index contributed by atoms with van der Waals surface area (Å²) >= 11 is 1.73. The fraction of sp³-hybridized carbons (Fsp3) is 0.500. The van der Waals surface area contributed by atoms with Crippen LogP contribution in [0.4, 0.5) is 0 Å². The molecule has 3 heteroatoms. The van der Waals surface area contributed by atoms with Crippen molar-refractivity contribution >= 4 is 11.3 Å². The monoisotopic (exact) mass is 301 g/mol. The van der Waals surface area contributed by atoms with Gasteiger partial charge in [0.1, 0.15) is 0 Å². The van der Waals surface area contributed by atoms with Gasteiger partial charge in [0.25, 0.3) is 0 Å². The second kappa shape index (κ2) is 5.90. The molecule has 0 radical (unpaired) electrons. The van der Waals surface area contributed by atoms with Gasteiger partial charge < -0.3 is 5.11 Å². The van der Waals surface area contributed by atoms with Gasteiger partial charge in [-0.2, -0.15) is 0 Å². The molecule has 2 nitrogen and oxygen atoms in total. The quantitative estimate of drug-likeness (QED) is 0.912. The van der Waals surface area contributed by atoms with Gasteiger partial charge in [-0.15, -0.1) is 11.3 Å². The van der Waals surface area contributed by atoms with Crippen molar-refractivity contribution in [3.8, 4) is 0 Å². The second-order valence-electron chi connectivity index (χ2n) is 6.34. The Hall–Kier alpha value is -1.19. The molecule has 1 aromatic heterocycles. The molecular formula is C18H23NOS. The Morgan fingerprint density at radius 3 is 2.43 bits per heavy atom. The van der Waals surface area contributed by atoms with E-state index in [-0.39, 0.29) is 0 Å². The summed E-state index contributed by atoms with van der Waals surface area (Å²) in [6.45, 7) is 4.15. The molecular weight excluding hydrogens is 278 g/mol. The molecule has 0 aliphatic heterocycles. The fourth-order valence-electron chi connectivity index (χ4n) is 3.29. The molecule has 0 bridgehead atoms. The first-order valence-electron chi connectivity index (χ1n) is 7.76. The maximum atomic E-state index is 10.9. The number of thiazole rings is 1. The first kappa shape index (κ1) is 14.7. The molecule has 21 heavy (non-hydrogen) atoms. The second-order valence-corrected chi connectivity index (χ2v) is 7.62. The van der Waals surface area contributed by atoms with Gasteiger partial charge in [-0.1, -0.05) is 30.3 Å². The summed E-state index contributed by atoms with van der Waals surface area (Å²) in [5.74, 6) is 0.603. The predicted molar refractivity (Wildman–Crippen MR) is 87.9 cm³/mol. The number of hydrogen-bond donors (Lipinski definition) is 1. The molecule has 1 fully saturated rings. The van der Waals surface area contributed by atoms with Crippen LogP contribution < -0.4 is 0 Å². The summed E-state index contributed by atoms with van der Waals surface area (Å²) in [6.07, 6.45) is 4.62. The number of nitrogens with zero attached hydrogens (tertiary/aromatic N) is 1. The zero-order valence-corrected chi connectivity index (χ0v) is 13.6. The highest BCUT2D eigenvalue weighted by Crippen LogP contribution is 2.40. The van der Waals surface area contributed by atoms with Crippen LogP contribution in [-0.4, -0.2) is 15.7 Å². The smallest absolute Gasteiger partial charge is 0.0959 e. The number of aromatic nitrogens is 1. The van der Waals surface area contributed by atoms with Gasteiger partial charge >= 0.3 is 0 Å². The minimum Gasteiger partial charge on any atom is -0.389 e. The normalized spacial score (nSPS) is 26.0. The molecule has 0 spiro atoms. The van der Waals surface area contributed by atoms with Crippen molar-refractivity contribution < 1.29 is 5.11 Å². The Kier molecular flexibility index (Phi) is 4.14. The van der Waals surface area contributed by atoms with Gasteiger partial charge in [0.05, 0.1) is 16.3 Å². The van der Waals surface area contributed by atoms with Crippen LogP contribution in [-0.2, 0) is 6.42 Å². The minimum atomic E-state index is -0.554. The van der Waals surface area contributed by atoms with Crippen LogP contribution in [0, 0.1) is 13.8 Å². The average molecular weight is 301 g/mol. The highest BCUT2D eigenvalue weighted by Gasteiger charge is 2.34. The molecule has 0 amide bonds. The van der Waals surface area contributed by atoms with Crippen LogP contribution in [0.15, 0.2) is 30.3 Å². The van der Waals surface area contributed by atoms with Crippen molar-refractivity contribution in [1.29, 1.82) is 0 Å². The van der Waals surface area contributed by atoms with Gasteiger partial charge in [0, 0.05) is 11.3 Å². The fourth-order valence-corrected chi connectivity index (χ4v) is 4.36. The Balaban J connectivity index is 1.64. The summed E-state index contributed by atoms with van der Waals surface area (Å²) < 4.78 is 0. The lowest BCUT2D eigenvalue weighted by atomic mass is 9.75. The van der Waals surface area contributed by atoms with E-state index in [9.17, 15) is 5.11 Å². The van der Waals surface area contributed by atoms with Crippen molar-refractivity contribution in [2.24, 2.45) is 0 Å². The maximum absolute atomic E-state index is 10.9. The molecule has 1 saturated carbocycles. The van der Waals surface area contributed by atoms with Crippen molar-refractivity contribution in [2.75, 3.05) is 0 Å². The number of aliphatic hydroxyl groups is 1. The lowest BCUT2D eigenvalue weighted by molar-refractivity contribution is -0.000502. The van der Waals surface area contributed by atoms with E-state index in [4.69, 9.17) is 0 Å². The molecule has 1 aromatic carbocycles. The van der Waals surface area contributed by atoms with E-state index in [2.05, 4.69) is 42.2 Å². The molecule has 1 N–H and O–H groups in total. The Morgan fingerprint density at radius 1 is 1.19 bits per heavy atom. The number of benzene rings is 1. The standard InChI is InChI=1S/C18H23NOS/c1-13-14(2)21-17(19-13)12-18(20)10-8-16(9-11-18)15-6-4-3-5-7-15/h3-7,16,20H,8-12H2,1-2H3. The largest absolute Gasteiger partial charge is 0.389 e.